The largest absolute Gasteiger partial charge is 0.443 e. The number of hydrogen-bond donors (Lipinski definition) is 1. The molecule has 3 rings (SSSR count). The molecule has 1 fully saturated rings. The second-order valence-electron chi connectivity index (χ2n) is 6.72. The van der Waals surface area contributed by atoms with Crippen LogP contribution in [0.2, 0.25) is 0 Å². The summed E-state index contributed by atoms with van der Waals surface area (Å²) in [6, 6.07) is 7.77. The predicted molar refractivity (Wildman–Crippen MR) is 102 cm³/mol. The van der Waals surface area contributed by atoms with Crippen molar-refractivity contribution in [3.05, 3.63) is 41.9 Å². The number of nitrogens with one attached hydrogen (secondary N) is 1. The minimum absolute atomic E-state index is 0.120. The number of hydrogen-bond acceptors (Lipinski definition) is 4. The maximum Gasteiger partial charge on any atom is 0.298 e. The molecule has 1 aliphatic heterocycles. The van der Waals surface area contributed by atoms with Gasteiger partial charge in [-0.15, -0.1) is 0 Å². The lowest BCUT2D eigenvalue weighted by atomic mass is 9.96. The van der Waals surface area contributed by atoms with Crippen molar-refractivity contribution in [3.8, 4) is 23.2 Å². The van der Waals surface area contributed by atoms with E-state index in [1.807, 2.05) is 31.2 Å². The van der Waals surface area contributed by atoms with Gasteiger partial charge in [-0.3, -0.25) is 9.59 Å². The second-order valence-corrected chi connectivity index (χ2v) is 6.72. The Labute approximate surface area is 159 Å². The van der Waals surface area contributed by atoms with Gasteiger partial charge in [0.25, 0.3) is 11.8 Å². The van der Waals surface area contributed by atoms with E-state index in [2.05, 4.69) is 22.1 Å². The molecule has 0 radical (unpaired) electrons. The highest BCUT2D eigenvalue weighted by Crippen LogP contribution is 2.24. The highest BCUT2D eigenvalue weighted by atomic mass is 16.3. The molecule has 0 bridgehead atoms. The number of nitrogens with zero attached hydrogens (tertiary/aromatic N) is 2. The molecule has 1 N–H and O–H groups in total. The quantitative estimate of drug-likeness (QED) is 0.845. The fraction of sp³-hybridized carbons (Fsp3) is 0.381. The van der Waals surface area contributed by atoms with Crippen LogP contribution in [0.1, 0.15) is 35.8 Å². The van der Waals surface area contributed by atoms with E-state index in [0.29, 0.717) is 37.0 Å². The van der Waals surface area contributed by atoms with Crippen LogP contribution in [0, 0.1) is 24.7 Å². The van der Waals surface area contributed by atoms with Crippen LogP contribution in [0.15, 0.2) is 35.1 Å². The third-order valence-corrected chi connectivity index (χ3v) is 4.75. The van der Waals surface area contributed by atoms with Crippen molar-refractivity contribution >= 4 is 11.8 Å². The third-order valence-electron chi connectivity index (χ3n) is 4.75. The minimum Gasteiger partial charge on any atom is -0.443 e. The van der Waals surface area contributed by atoms with Crippen LogP contribution in [0.3, 0.4) is 0 Å². The molecule has 0 atom stereocenters. The van der Waals surface area contributed by atoms with Gasteiger partial charge in [0.2, 0.25) is 0 Å². The standard InChI is InChI=1S/C21H23N3O3/c1-3-5-18(25)24-10-8-16(9-11-24)13-22-21(26)19-20(27-14-23-19)17-7-4-6-15(2)12-17/h4,6-7,12,14,16H,8-11,13H2,1-2H3,(H,22,26). The molecule has 0 spiro atoms. The van der Waals surface area contributed by atoms with E-state index in [1.54, 1.807) is 11.8 Å². The number of carbonyl (C=O) groups excluding carboxylic acids is 2. The molecule has 140 valence electrons. The van der Waals surface area contributed by atoms with E-state index in [0.717, 1.165) is 24.0 Å². The van der Waals surface area contributed by atoms with Gasteiger partial charge >= 0.3 is 0 Å². The van der Waals surface area contributed by atoms with E-state index < -0.39 is 0 Å². The van der Waals surface area contributed by atoms with Crippen LogP contribution in [-0.2, 0) is 4.79 Å². The number of carbonyl (C=O) groups is 2. The molecule has 1 aromatic carbocycles. The number of aryl methyl sites for hydroxylation is 1. The van der Waals surface area contributed by atoms with Crippen LogP contribution in [0.25, 0.3) is 11.3 Å². The number of benzene rings is 1. The van der Waals surface area contributed by atoms with Gasteiger partial charge in [-0.1, -0.05) is 29.7 Å². The maximum atomic E-state index is 12.6. The smallest absolute Gasteiger partial charge is 0.298 e. The molecular formula is C21H23N3O3. The number of rotatable bonds is 4. The van der Waals surface area contributed by atoms with E-state index in [4.69, 9.17) is 4.42 Å². The molecule has 2 aromatic rings. The van der Waals surface area contributed by atoms with Gasteiger partial charge in [0, 0.05) is 25.2 Å². The molecule has 2 heterocycles. The molecule has 6 heteroatoms. The summed E-state index contributed by atoms with van der Waals surface area (Å²) in [5.41, 5.74) is 2.22. The van der Waals surface area contributed by atoms with Crippen molar-refractivity contribution in [2.75, 3.05) is 19.6 Å². The lowest BCUT2D eigenvalue weighted by Gasteiger charge is -2.30. The molecule has 6 nitrogen and oxygen atoms in total. The van der Waals surface area contributed by atoms with Crippen molar-refractivity contribution in [2.45, 2.75) is 26.7 Å². The molecule has 1 saturated heterocycles. The van der Waals surface area contributed by atoms with E-state index in [1.165, 1.54) is 6.39 Å². The summed E-state index contributed by atoms with van der Waals surface area (Å²) >= 11 is 0. The van der Waals surface area contributed by atoms with Crippen molar-refractivity contribution in [1.82, 2.24) is 15.2 Å². The molecular weight excluding hydrogens is 342 g/mol. The molecule has 0 unspecified atom stereocenters. The van der Waals surface area contributed by atoms with Crippen LogP contribution in [-0.4, -0.2) is 41.3 Å². The minimum atomic E-state index is -0.240. The monoisotopic (exact) mass is 365 g/mol. The van der Waals surface area contributed by atoms with Crippen LogP contribution in [0.5, 0.6) is 0 Å². The third kappa shape index (κ3) is 4.56. The Morgan fingerprint density at radius 3 is 2.81 bits per heavy atom. The summed E-state index contributed by atoms with van der Waals surface area (Å²) in [4.78, 5) is 30.2. The number of oxazole rings is 1. The normalized spacial score (nSPS) is 14.4. The summed E-state index contributed by atoms with van der Waals surface area (Å²) in [5, 5.41) is 2.96. The Morgan fingerprint density at radius 2 is 2.11 bits per heavy atom. The maximum absolute atomic E-state index is 12.6. The fourth-order valence-electron chi connectivity index (χ4n) is 3.25. The summed E-state index contributed by atoms with van der Waals surface area (Å²) in [7, 11) is 0. The topological polar surface area (TPSA) is 75.4 Å². The first kappa shape index (κ1) is 18.7. The predicted octanol–water partition coefficient (Wildman–Crippen LogP) is 2.64. The first-order valence-electron chi connectivity index (χ1n) is 9.09. The number of likely N-dealkylation sites (tertiary alicyclic amines) is 1. The highest BCUT2D eigenvalue weighted by Gasteiger charge is 2.24. The van der Waals surface area contributed by atoms with Crippen LogP contribution >= 0.6 is 0 Å². The number of aromatic nitrogens is 1. The summed E-state index contributed by atoms with van der Waals surface area (Å²) in [6.45, 7) is 5.55. The first-order valence-corrected chi connectivity index (χ1v) is 9.09. The van der Waals surface area contributed by atoms with E-state index >= 15 is 0 Å². The summed E-state index contributed by atoms with van der Waals surface area (Å²) in [5.74, 6) is 5.67. The zero-order chi connectivity index (χ0) is 19.2. The average molecular weight is 365 g/mol. The van der Waals surface area contributed by atoms with Crippen molar-refractivity contribution < 1.29 is 14.0 Å². The van der Waals surface area contributed by atoms with E-state index in [-0.39, 0.29) is 11.8 Å². The highest BCUT2D eigenvalue weighted by molar-refractivity contribution is 5.97. The van der Waals surface area contributed by atoms with Gasteiger partial charge in [-0.2, -0.15) is 0 Å². The lowest BCUT2D eigenvalue weighted by molar-refractivity contribution is -0.126. The zero-order valence-corrected chi connectivity index (χ0v) is 15.6. The van der Waals surface area contributed by atoms with Gasteiger partial charge in [-0.05, 0) is 44.6 Å². The number of piperidine rings is 1. The average Bonchev–Trinajstić information content (AvgIpc) is 3.17. The van der Waals surface area contributed by atoms with Gasteiger partial charge in [0.15, 0.2) is 17.8 Å². The van der Waals surface area contributed by atoms with Gasteiger partial charge < -0.3 is 14.6 Å². The Kier molecular flexibility index (Phi) is 5.92. The molecule has 0 aliphatic carbocycles. The van der Waals surface area contributed by atoms with Crippen LogP contribution in [0.4, 0.5) is 0 Å². The summed E-state index contributed by atoms with van der Waals surface area (Å²) in [6.07, 6.45) is 2.99. The zero-order valence-electron chi connectivity index (χ0n) is 15.6. The molecule has 27 heavy (non-hydrogen) atoms. The summed E-state index contributed by atoms with van der Waals surface area (Å²) < 4.78 is 5.45. The van der Waals surface area contributed by atoms with Crippen molar-refractivity contribution in [2.24, 2.45) is 5.92 Å². The Morgan fingerprint density at radius 1 is 1.33 bits per heavy atom. The first-order chi connectivity index (χ1) is 13.1. The fourth-order valence-corrected chi connectivity index (χ4v) is 3.25. The molecule has 2 amide bonds. The molecule has 1 aromatic heterocycles. The molecule has 1 aliphatic rings. The Hall–Kier alpha value is -3.07. The van der Waals surface area contributed by atoms with E-state index in [9.17, 15) is 9.59 Å². The molecule has 0 saturated carbocycles. The van der Waals surface area contributed by atoms with Crippen molar-refractivity contribution in [3.63, 3.8) is 0 Å². The Balaban J connectivity index is 1.56. The lowest BCUT2D eigenvalue weighted by Crippen LogP contribution is -2.41. The van der Waals surface area contributed by atoms with Crippen LogP contribution < -0.4 is 5.32 Å². The van der Waals surface area contributed by atoms with Crippen molar-refractivity contribution in [1.29, 1.82) is 0 Å². The SMILES string of the molecule is CC#CC(=O)N1CCC(CNC(=O)c2ncoc2-c2cccc(C)c2)CC1. The Bertz CT molecular complexity index is 883. The number of amides is 2. The van der Waals surface area contributed by atoms with Gasteiger partial charge in [-0.25, -0.2) is 4.98 Å². The van der Waals surface area contributed by atoms with Gasteiger partial charge in [0.1, 0.15) is 0 Å². The second kappa shape index (κ2) is 8.54. The van der Waals surface area contributed by atoms with Gasteiger partial charge in [0.05, 0.1) is 0 Å².